The molecule has 1 heterocycles. The minimum atomic E-state index is -0.549. The zero-order valence-corrected chi connectivity index (χ0v) is 13.6. The summed E-state index contributed by atoms with van der Waals surface area (Å²) in [7, 11) is 0. The monoisotopic (exact) mass is 323 g/mol. The first-order chi connectivity index (χ1) is 10.7. The quantitative estimate of drug-likeness (QED) is 0.803. The van der Waals surface area contributed by atoms with Crippen LogP contribution in [0.25, 0.3) is 0 Å². The molecule has 0 atom stereocenters. The zero-order chi connectivity index (χ0) is 17.2. The van der Waals surface area contributed by atoms with Gasteiger partial charge in [0.05, 0.1) is 5.56 Å². The minimum Gasteiger partial charge on any atom is -0.444 e. The average molecular weight is 323 g/mol. The first-order valence-corrected chi connectivity index (χ1v) is 7.49. The van der Waals surface area contributed by atoms with Crippen molar-refractivity contribution >= 4 is 17.7 Å². The summed E-state index contributed by atoms with van der Waals surface area (Å²) in [6, 6.07) is 3.72. The van der Waals surface area contributed by atoms with Crippen LogP contribution in [0.2, 0.25) is 0 Å². The molecule has 1 saturated heterocycles. The van der Waals surface area contributed by atoms with Crippen molar-refractivity contribution in [3.63, 3.8) is 0 Å². The van der Waals surface area contributed by atoms with Crippen molar-refractivity contribution in [2.75, 3.05) is 31.9 Å². The largest absolute Gasteiger partial charge is 0.444 e. The number of carbonyl (C=O) groups is 2. The Hall–Kier alpha value is -2.31. The van der Waals surface area contributed by atoms with E-state index in [1.54, 1.807) is 9.80 Å². The normalized spacial score (nSPS) is 15.5. The molecule has 0 bridgehead atoms. The number of rotatable bonds is 1. The van der Waals surface area contributed by atoms with Crippen LogP contribution < -0.4 is 5.73 Å². The number of nitrogen functional groups attached to an aromatic ring is 1. The Bertz CT molecular complexity index is 605. The van der Waals surface area contributed by atoms with Crippen molar-refractivity contribution < 1.29 is 18.7 Å². The van der Waals surface area contributed by atoms with Gasteiger partial charge in [0.25, 0.3) is 5.91 Å². The molecule has 2 amide bonds. The number of amides is 2. The predicted molar refractivity (Wildman–Crippen MR) is 84.5 cm³/mol. The Kier molecular flexibility index (Phi) is 4.77. The summed E-state index contributed by atoms with van der Waals surface area (Å²) < 4.78 is 18.4. The van der Waals surface area contributed by atoms with Gasteiger partial charge < -0.3 is 20.3 Å². The second-order valence-electron chi connectivity index (χ2n) is 6.49. The van der Waals surface area contributed by atoms with Crippen molar-refractivity contribution in [3.8, 4) is 0 Å². The summed E-state index contributed by atoms with van der Waals surface area (Å²) in [4.78, 5) is 27.6. The lowest BCUT2D eigenvalue weighted by atomic mass is 10.1. The fraction of sp³-hybridized carbons (Fsp3) is 0.500. The third kappa shape index (κ3) is 4.34. The molecule has 1 aromatic rings. The summed E-state index contributed by atoms with van der Waals surface area (Å²) in [6.45, 7) is 6.97. The molecule has 0 aliphatic carbocycles. The average Bonchev–Trinajstić information content (AvgIpc) is 2.45. The Morgan fingerprint density at radius 2 is 1.70 bits per heavy atom. The molecule has 0 aromatic heterocycles. The fourth-order valence-electron chi connectivity index (χ4n) is 2.32. The summed E-state index contributed by atoms with van der Waals surface area (Å²) in [5.41, 5.74) is 5.54. The molecule has 0 radical (unpaired) electrons. The first-order valence-electron chi connectivity index (χ1n) is 7.49. The van der Waals surface area contributed by atoms with Crippen LogP contribution in [0.3, 0.4) is 0 Å². The standard InChI is InChI=1S/C16H22FN3O3/c1-16(2,3)23-15(22)20-8-6-19(7-9-20)14(21)12-5-4-11(17)10-13(12)18/h4-5,10H,6-9,18H2,1-3H3. The number of piperazine rings is 1. The predicted octanol–water partition coefficient (Wildman–Crippen LogP) is 2.10. The van der Waals surface area contributed by atoms with E-state index >= 15 is 0 Å². The number of carbonyl (C=O) groups excluding carboxylic acids is 2. The van der Waals surface area contributed by atoms with Crippen LogP contribution in [-0.2, 0) is 4.74 Å². The van der Waals surface area contributed by atoms with Gasteiger partial charge in [0.1, 0.15) is 11.4 Å². The SMILES string of the molecule is CC(C)(C)OC(=O)N1CCN(C(=O)c2ccc(F)cc2N)CC1. The van der Waals surface area contributed by atoms with Gasteiger partial charge in [0.15, 0.2) is 0 Å². The number of ether oxygens (including phenoxy) is 1. The molecular formula is C16H22FN3O3. The number of nitrogens with two attached hydrogens (primary N) is 1. The van der Waals surface area contributed by atoms with Crippen LogP contribution in [0.5, 0.6) is 0 Å². The Labute approximate surface area is 135 Å². The lowest BCUT2D eigenvalue weighted by Gasteiger charge is -2.35. The van der Waals surface area contributed by atoms with Crippen LogP contribution in [0, 0.1) is 5.82 Å². The summed E-state index contributed by atoms with van der Waals surface area (Å²) in [5, 5.41) is 0. The molecule has 126 valence electrons. The van der Waals surface area contributed by atoms with Crippen LogP contribution in [0.15, 0.2) is 18.2 Å². The minimum absolute atomic E-state index is 0.115. The van der Waals surface area contributed by atoms with E-state index in [4.69, 9.17) is 10.5 Å². The molecule has 0 unspecified atom stereocenters. The second kappa shape index (κ2) is 6.44. The van der Waals surface area contributed by atoms with Crippen molar-refractivity contribution in [2.45, 2.75) is 26.4 Å². The molecule has 1 fully saturated rings. The third-order valence-corrected chi connectivity index (χ3v) is 3.46. The number of anilines is 1. The highest BCUT2D eigenvalue weighted by molar-refractivity contribution is 5.99. The molecule has 23 heavy (non-hydrogen) atoms. The number of hydrogen-bond donors (Lipinski definition) is 1. The summed E-state index contributed by atoms with van der Waals surface area (Å²) >= 11 is 0. The van der Waals surface area contributed by atoms with E-state index in [1.807, 2.05) is 20.8 Å². The van der Waals surface area contributed by atoms with Crippen molar-refractivity contribution in [1.29, 1.82) is 0 Å². The molecule has 0 spiro atoms. The lowest BCUT2D eigenvalue weighted by Crippen LogP contribution is -2.51. The molecule has 2 rings (SSSR count). The van der Waals surface area contributed by atoms with E-state index in [9.17, 15) is 14.0 Å². The Morgan fingerprint density at radius 1 is 1.13 bits per heavy atom. The maximum absolute atomic E-state index is 13.1. The van der Waals surface area contributed by atoms with Gasteiger partial charge in [-0.3, -0.25) is 4.79 Å². The van der Waals surface area contributed by atoms with E-state index in [2.05, 4.69) is 0 Å². The Morgan fingerprint density at radius 3 is 2.22 bits per heavy atom. The van der Waals surface area contributed by atoms with Gasteiger partial charge in [0, 0.05) is 31.9 Å². The van der Waals surface area contributed by atoms with Crippen LogP contribution in [0.1, 0.15) is 31.1 Å². The number of benzene rings is 1. The van der Waals surface area contributed by atoms with Crippen molar-refractivity contribution in [3.05, 3.63) is 29.6 Å². The molecule has 1 aliphatic rings. The highest BCUT2D eigenvalue weighted by Gasteiger charge is 2.28. The van der Waals surface area contributed by atoms with E-state index in [0.29, 0.717) is 26.2 Å². The van der Waals surface area contributed by atoms with Gasteiger partial charge >= 0.3 is 6.09 Å². The fourth-order valence-corrected chi connectivity index (χ4v) is 2.32. The highest BCUT2D eigenvalue weighted by Crippen LogP contribution is 2.18. The zero-order valence-electron chi connectivity index (χ0n) is 13.6. The van der Waals surface area contributed by atoms with Gasteiger partial charge in [-0.1, -0.05) is 0 Å². The smallest absolute Gasteiger partial charge is 0.410 e. The van der Waals surface area contributed by atoms with Gasteiger partial charge in [-0.05, 0) is 39.0 Å². The van der Waals surface area contributed by atoms with Crippen LogP contribution in [-0.4, -0.2) is 53.6 Å². The van der Waals surface area contributed by atoms with Crippen LogP contribution in [0.4, 0.5) is 14.9 Å². The number of halogens is 1. The van der Waals surface area contributed by atoms with Gasteiger partial charge in [-0.25, -0.2) is 9.18 Å². The van der Waals surface area contributed by atoms with E-state index < -0.39 is 11.4 Å². The third-order valence-electron chi connectivity index (χ3n) is 3.46. The summed E-state index contributed by atoms with van der Waals surface area (Å²) in [6.07, 6.45) is -0.383. The van der Waals surface area contributed by atoms with Gasteiger partial charge in [-0.15, -0.1) is 0 Å². The molecule has 1 aliphatic heterocycles. The maximum atomic E-state index is 13.1. The topological polar surface area (TPSA) is 75.9 Å². The molecule has 2 N–H and O–H groups in total. The number of nitrogens with zero attached hydrogens (tertiary/aromatic N) is 2. The van der Waals surface area contributed by atoms with Crippen molar-refractivity contribution in [1.82, 2.24) is 9.80 Å². The van der Waals surface area contributed by atoms with E-state index in [-0.39, 0.29) is 23.3 Å². The lowest BCUT2D eigenvalue weighted by molar-refractivity contribution is 0.0141. The van der Waals surface area contributed by atoms with Gasteiger partial charge in [-0.2, -0.15) is 0 Å². The first kappa shape index (κ1) is 17.1. The molecule has 0 saturated carbocycles. The van der Waals surface area contributed by atoms with E-state index in [0.717, 1.165) is 6.07 Å². The van der Waals surface area contributed by atoms with E-state index in [1.165, 1.54) is 12.1 Å². The second-order valence-corrected chi connectivity index (χ2v) is 6.49. The van der Waals surface area contributed by atoms with Gasteiger partial charge in [0.2, 0.25) is 0 Å². The molecule has 6 nitrogen and oxygen atoms in total. The van der Waals surface area contributed by atoms with Crippen LogP contribution >= 0.6 is 0 Å². The van der Waals surface area contributed by atoms with Crippen molar-refractivity contribution in [2.24, 2.45) is 0 Å². The highest BCUT2D eigenvalue weighted by atomic mass is 19.1. The summed E-state index contributed by atoms with van der Waals surface area (Å²) in [5.74, 6) is -0.736. The Balaban J connectivity index is 1.96. The molecule has 7 heteroatoms. The number of hydrogen-bond acceptors (Lipinski definition) is 4. The maximum Gasteiger partial charge on any atom is 0.410 e. The molecular weight excluding hydrogens is 301 g/mol. The molecule has 1 aromatic carbocycles.